The Morgan fingerprint density at radius 2 is 1.19 bits per heavy atom. The predicted octanol–water partition coefficient (Wildman–Crippen LogP) is 2.64. The first-order valence-corrected chi connectivity index (χ1v) is 7.68. The lowest BCUT2D eigenvalue weighted by Crippen LogP contribution is -2.42. The lowest BCUT2D eigenvalue weighted by Gasteiger charge is -2.29. The quantitative estimate of drug-likeness (QED) is 0.756. The molecule has 0 unspecified atom stereocenters. The van der Waals surface area contributed by atoms with E-state index in [9.17, 15) is 0 Å². The van der Waals surface area contributed by atoms with E-state index in [1.807, 2.05) is 13.8 Å². The van der Waals surface area contributed by atoms with Gasteiger partial charge in [0.2, 0.25) is 0 Å². The van der Waals surface area contributed by atoms with E-state index in [-0.39, 0.29) is 5.21 Å². The molecule has 0 atom stereocenters. The Hall–Kier alpha value is -1.51. The Labute approximate surface area is 128 Å². The summed E-state index contributed by atoms with van der Waals surface area (Å²) in [6.45, 7) is 5.53. The molecule has 21 heavy (non-hydrogen) atoms. The first-order chi connectivity index (χ1) is 10.3. The van der Waals surface area contributed by atoms with Crippen LogP contribution in [0.1, 0.15) is 25.0 Å². The van der Waals surface area contributed by atoms with Gasteiger partial charge in [-0.05, 0) is 36.1 Å². The molecule has 0 heterocycles. The van der Waals surface area contributed by atoms with Gasteiger partial charge in [-0.1, -0.05) is 48.5 Å². The van der Waals surface area contributed by atoms with E-state index in [0.29, 0.717) is 15.0 Å². The molecule has 0 radical (unpaired) electrons. The molecule has 0 bridgehead atoms. The Balaban J connectivity index is 2.16. The Morgan fingerprint density at radius 1 is 0.762 bits per heavy atom. The third-order valence-electron chi connectivity index (χ3n) is 4.28. The fraction of sp³-hybridized carbons (Fsp3) is 0.294. The van der Waals surface area contributed by atoms with Crippen LogP contribution >= 0.6 is 0 Å². The molecule has 0 aromatic heterocycles. The van der Waals surface area contributed by atoms with Gasteiger partial charge < -0.3 is 9.31 Å². The van der Waals surface area contributed by atoms with Crippen molar-refractivity contribution in [1.29, 1.82) is 0 Å². The van der Waals surface area contributed by atoms with E-state index in [0.717, 1.165) is 13.2 Å². The minimum atomic E-state index is -0.181. The highest BCUT2D eigenvalue weighted by Crippen LogP contribution is 2.47. The summed E-state index contributed by atoms with van der Waals surface area (Å²) < 4.78 is 11.7. The minimum Gasteiger partial charge on any atom is -0.439 e. The molecule has 2 aromatic rings. The summed E-state index contributed by atoms with van der Waals surface area (Å²) in [6, 6.07) is 17.3. The highest BCUT2D eigenvalue weighted by Gasteiger charge is 2.45. The second-order valence-corrected chi connectivity index (χ2v) is 5.45. The molecule has 3 rings (SSSR count). The van der Waals surface area contributed by atoms with Crippen LogP contribution in [0.25, 0.3) is 11.1 Å². The van der Waals surface area contributed by atoms with Crippen LogP contribution in [0.3, 0.4) is 0 Å². The highest BCUT2D eigenvalue weighted by atomic mass is 16.4. The van der Waals surface area contributed by atoms with Gasteiger partial charge in [0.1, 0.15) is 0 Å². The zero-order valence-electron chi connectivity index (χ0n) is 12.8. The van der Waals surface area contributed by atoms with Gasteiger partial charge in [-0.15, -0.1) is 0 Å². The van der Waals surface area contributed by atoms with Gasteiger partial charge in [0.25, 0.3) is 15.0 Å². The third-order valence-corrected chi connectivity index (χ3v) is 4.28. The van der Waals surface area contributed by atoms with E-state index in [1.54, 1.807) is 0 Å². The summed E-state index contributed by atoms with van der Waals surface area (Å²) in [5, 5.41) is -0.181. The number of hydrogen-bond acceptors (Lipinski definition) is 2. The largest absolute Gasteiger partial charge is 0.439 e. The molecule has 0 saturated heterocycles. The Morgan fingerprint density at radius 3 is 1.62 bits per heavy atom. The van der Waals surface area contributed by atoms with Crippen LogP contribution < -0.4 is 0 Å². The smallest absolute Gasteiger partial charge is 0.285 e. The zero-order chi connectivity index (χ0) is 14.7. The second-order valence-electron chi connectivity index (χ2n) is 5.45. The first-order valence-electron chi connectivity index (χ1n) is 7.68. The van der Waals surface area contributed by atoms with Crippen LogP contribution in [-0.2, 0) is 14.5 Å². The first kappa shape index (κ1) is 14.4. The standard InChI is InChI=1S/C17H20B2O2/c1-3-20-18-17(19-21-4-2)15-11-7-5-9-13(15)14-10-6-8-12-16(14)17/h5-12,18-19H,3-4H2,1-2H3. The monoisotopic (exact) mass is 278 g/mol. The summed E-state index contributed by atoms with van der Waals surface area (Å²) in [5.41, 5.74) is 5.28. The third kappa shape index (κ3) is 2.33. The van der Waals surface area contributed by atoms with Crippen LogP contribution in [0.2, 0.25) is 0 Å². The van der Waals surface area contributed by atoms with E-state index in [4.69, 9.17) is 9.31 Å². The lowest BCUT2D eigenvalue weighted by molar-refractivity contribution is 0.333. The van der Waals surface area contributed by atoms with Crippen LogP contribution in [0.4, 0.5) is 0 Å². The van der Waals surface area contributed by atoms with E-state index >= 15 is 0 Å². The van der Waals surface area contributed by atoms with Crippen molar-refractivity contribution in [2.45, 2.75) is 19.1 Å². The maximum absolute atomic E-state index is 5.85. The summed E-state index contributed by atoms with van der Waals surface area (Å²) in [4.78, 5) is 0. The maximum Gasteiger partial charge on any atom is 0.285 e. The average molecular weight is 278 g/mol. The molecule has 2 nitrogen and oxygen atoms in total. The van der Waals surface area contributed by atoms with Crippen molar-refractivity contribution >= 4 is 15.0 Å². The highest BCUT2D eigenvalue weighted by molar-refractivity contribution is 6.58. The molecule has 1 aliphatic carbocycles. The van der Waals surface area contributed by atoms with Gasteiger partial charge in [0.15, 0.2) is 0 Å². The molecule has 2 aromatic carbocycles. The van der Waals surface area contributed by atoms with Gasteiger partial charge >= 0.3 is 0 Å². The van der Waals surface area contributed by atoms with Crippen molar-refractivity contribution < 1.29 is 9.31 Å². The summed E-state index contributed by atoms with van der Waals surface area (Å²) in [7, 11) is 1.33. The average Bonchev–Trinajstić information content (AvgIpc) is 2.82. The van der Waals surface area contributed by atoms with E-state index < -0.39 is 0 Å². The van der Waals surface area contributed by atoms with Crippen molar-refractivity contribution in [1.82, 2.24) is 0 Å². The van der Waals surface area contributed by atoms with E-state index in [2.05, 4.69) is 48.5 Å². The fourth-order valence-electron chi connectivity index (χ4n) is 3.32. The minimum absolute atomic E-state index is 0.181. The summed E-state index contributed by atoms with van der Waals surface area (Å²) >= 11 is 0. The number of rotatable bonds is 6. The van der Waals surface area contributed by atoms with Crippen molar-refractivity contribution in [2.75, 3.05) is 13.2 Å². The van der Waals surface area contributed by atoms with Crippen molar-refractivity contribution in [3.63, 3.8) is 0 Å². The Kier molecular flexibility index (Phi) is 4.18. The van der Waals surface area contributed by atoms with Crippen LogP contribution in [0, 0.1) is 0 Å². The number of benzene rings is 2. The lowest BCUT2D eigenvalue weighted by atomic mass is 9.42. The molecule has 0 fully saturated rings. The molecule has 0 N–H and O–H groups in total. The molecule has 0 spiro atoms. The van der Waals surface area contributed by atoms with Gasteiger partial charge in [0, 0.05) is 18.4 Å². The van der Waals surface area contributed by atoms with Gasteiger partial charge in [-0.2, -0.15) is 0 Å². The second kappa shape index (κ2) is 6.08. The van der Waals surface area contributed by atoms with E-state index in [1.165, 1.54) is 22.3 Å². The number of hydrogen-bond donors (Lipinski definition) is 0. The van der Waals surface area contributed by atoms with Gasteiger partial charge in [0.05, 0.1) is 0 Å². The number of fused-ring (bicyclic) bond motifs is 3. The molecule has 4 heteroatoms. The molecule has 1 aliphatic rings. The maximum atomic E-state index is 5.85. The summed E-state index contributed by atoms with van der Waals surface area (Å²) in [5.74, 6) is 0. The van der Waals surface area contributed by atoms with Crippen LogP contribution in [-0.4, -0.2) is 28.2 Å². The molecule has 0 amide bonds. The molecular formula is C17H20B2O2. The van der Waals surface area contributed by atoms with Crippen molar-refractivity contribution in [2.24, 2.45) is 0 Å². The normalized spacial score (nSPS) is 14.4. The van der Waals surface area contributed by atoms with Crippen molar-refractivity contribution in [3.8, 4) is 11.1 Å². The molecule has 0 saturated carbocycles. The Bertz CT molecular complexity index is 572. The zero-order valence-corrected chi connectivity index (χ0v) is 12.8. The summed E-state index contributed by atoms with van der Waals surface area (Å²) in [6.07, 6.45) is 0. The molecule has 0 aliphatic heterocycles. The SMILES string of the molecule is CCOBC1(BOCC)c2ccccc2-c2ccccc21. The van der Waals surface area contributed by atoms with Crippen LogP contribution in [0.5, 0.6) is 0 Å². The van der Waals surface area contributed by atoms with Gasteiger partial charge in [-0.25, -0.2) is 0 Å². The van der Waals surface area contributed by atoms with Gasteiger partial charge in [-0.3, -0.25) is 0 Å². The van der Waals surface area contributed by atoms with Crippen molar-refractivity contribution in [3.05, 3.63) is 59.7 Å². The van der Waals surface area contributed by atoms with Crippen LogP contribution in [0.15, 0.2) is 48.5 Å². The fourth-order valence-corrected chi connectivity index (χ4v) is 3.32. The topological polar surface area (TPSA) is 18.5 Å². The molecule has 106 valence electrons. The predicted molar refractivity (Wildman–Crippen MR) is 90.2 cm³/mol. The molecular weight excluding hydrogens is 258 g/mol.